The van der Waals surface area contributed by atoms with E-state index in [0.29, 0.717) is 36.1 Å². The molecular weight excluding hydrogens is 469 g/mol. The number of nitrogens with zero attached hydrogens (tertiary/aromatic N) is 4. The molecule has 8 N–H and O–H groups in total. The summed E-state index contributed by atoms with van der Waals surface area (Å²) in [5.41, 5.74) is 19.8. The number of nitrogens with two attached hydrogens (primary N) is 3. The predicted molar refractivity (Wildman–Crippen MR) is 135 cm³/mol. The van der Waals surface area contributed by atoms with Gasteiger partial charge in [0.1, 0.15) is 17.3 Å². The van der Waals surface area contributed by atoms with Gasteiger partial charge in [-0.15, -0.1) is 0 Å². The van der Waals surface area contributed by atoms with Crippen molar-refractivity contribution >= 4 is 31.6 Å². The minimum Gasteiger partial charge on any atom is -0.426 e. The van der Waals surface area contributed by atoms with Crippen LogP contribution in [0.15, 0.2) is 48.6 Å². The van der Waals surface area contributed by atoms with E-state index in [1.165, 1.54) is 30.0 Å². The fraction of sp³-hybridized carbons (Fsp3) is 0.391. The van der Waals surface area contributed by atoms with Crippen LogP contribution in [0.1, 0.15) is 37.7 Å². The molecule has 1 amide bonds. The summed E-state index contributed by atoms with van der Waals surface area (Å²) in [5, 5.41) is 4.36. The van der Waals surface area contributed by atoms with Crippen molar-refractivity contribution in [1.29, 1.82) is 0 Å². The van der Waals surface area contributed by atoms with Crippen molar-refractivity contribution in [2.24, 2.45) is 17.2 Å². The van der Waals surface area contributed by atoms with Crippen LogP contribution in [0.3, 0.4) is 0 Å². The Labute approximate surface area is 205 Å². The average molecular weight is 502 g/mol. The molecule has 2 fully saturated rings. The highest BCUT2D eigenvalue weighted by Gasteiger charge is 2.31. The molecule has 0 unspecified atom stereocenters. The molecule has 11 nitrogen and oxygen atoms in total. The number of para-hydroxylation sites is 1. The van der Waals surface area contributed by atoms with Gasteiger partial charge in [0.05, 0.1) is 24.6 Å². The van der Waals surface area contributed by atoms with E-state index in [-0.39, 0.29) is 23.2 Å². The van der Waals surface area contributed by atoms with Gasteiger partial charge in [-0.05, 0) is 31.1 Å². The Bertz CT molecular complexity index is 1110. The molecule has 2 aromatic rings. The molecule has 188 valence electrons. The van der Waals surface area contributed by atoms with E-state index in [9.17, 15) is 14.6 Å². The SMILES string of the molecule is NC(N)=C(/C=C(\N)c1ccccc1OP(O)O)n1cc(N2CCN(C3CCCCC3)CC2=O)cn1. The summed E-state index contributed by atoms with van der Waals surface area (Å²) >= 11 is 0. The standard InChI is InChI=1S/C23H32N7O4P/c24-19(18-8-4-5-9-21(18)34-35(32)33)12-20(23(25)26)30-14-17(13-27-30)29-11-10-28(15-22(29)31)16-6-2-1-3-7-16/h4-5,8-9,12-14,16,32-33H,1-3,6-7,10-11,15,24-26H2/b19-12-. The van der Waals surface area contributed by atoms with Crippen molar-refractivity contribution in [3.05, 3.63) is 54.1 Å². The minimum atomic E-state index is -2.61. The van der Waals surface area contributed by atoms with Gasteiger partial charge >= 0.3 is 8.60 Å². The number of allylic oxidation sites excluding steroid dienone is 2. The second-order valence-corrected chi connectivity index (χ2v) is 9.42. The van der Waals surface area contributed by atoms with Crippen LogP contribution in [0.25, 0.3) is 11.4 Å². The maximum Gasteiger partial charge on any atom is 0.391 e. The Hall–Kier alpha value is -3.11. The lowest BCUT2D eigenvalue weighted by Gasteiger charge is -2.39. The van der Waals surface area contributed by atoms with Crippen molar-refractivity contribution in [2.75, 3.05) is 24.5 Å². The van der Waals surface area contributed by atoms with E-state index in [2.05, 4.69) is 10.00 Å². The van der Waals surface area contributed by atoms with Gasteiger partial charge in [-0.1, -0.05) is 31.4 Å². The number of piperazine rings is 1. The fourth-order valence-corrected chi connectivity index (χ4v) is 5.02. The molecule has 2 heterocycles. The zero-order chi connectivity index (χ0) is 24.9. The van der Waals surface area contributed by atoms with Gasteiger partial charge in [0.2, 0.25) is 5.91 Å². The molecule has 1 aromatic carbocycles. The van der Waals surface area contributed by atoms with Gasteiger partial charge < -0.3 is 36.4 Å². The Morgan fingerprint density at radius 3 is 2.54 bits per heavy atom. The van der Waals surface area contributed by atoms with E-state index in [4.69, 9.17) is 21.7 Å². The van der Waals surface area contributed by atoms with Crippen LogP contribution >= 0.6 is 8.60 Å². The zero-order valence-electron chi connectivity index (χ0n) is 19.5. The van der Waals surface area contributed by atoms with Crippen LogP contribution < -0.4 is 26.6 Å². The third-order valence-electron chi connectivity index (χ3n) is 6.43. The Morgan fingerprint density at radius 1 is 1.11 bits per heavy atom. The molecule has 0 atom stereocenters. The summed E-state index contributed by atoms with van der Waals surface area (Å²) in [7, 11) is -2.61. The molecule has 0 radical (unpaired) electrons. The van der Waals surface area contributed by atoms with Gasteiger partial charge in [0, 0.05) is 30.4 Å². The van der Waals surface area contributed by atoms with Crippen LogP contribution in [-0.2, 0) is 4.79 Å². The molecule has 12 heteroatoms. The molecular formula is C23H32N7O4P. The van der Waals surface area contributed by atoms with Gasteiger partial charge in [-0.2, -0.15) is 5.10 Å². The van der Waals surface area contributed by atoms with Gasteiger partial charge in [-0.25, -0.2) is 4.68 Å². The van der Waals surface area contributed by atoms with E-state index >= 15 is 0 Å². The summed E-state index contributed by atoms with van der Waals surface area (Å²) in [6.07, 6.45) is 10.9. The maximum absolute atomic E-state index is 12.9. The smallest absolute Gasteiger partial charge is 0.391 e. The molecule has 1 aliphatic heterocycles. The van der Waals surface area contributed by atoms with Gasteiger partial charge in [0.25, 0.3) is 0 Å². The maximum atomic E-state index is 12.9. The molecule has 1 saturated carbocycles. The highest BCUT2D eigenvalue weighted by molar-refractivity contribution is 7.39. The van der Waals surface area contributed by atoms with Crippen molar-refractivity contribution in [1.82, 2.24) is 14.7 Å². The topological polar surface area (TPSA) is 169 Å². The van der Waals surface area contributed by atoms with Crippen molar-refractivity contribution in [3.8, 4) is 5.75 Å². The second kappa shape index (κ2) is 11.1. The molecule has 0 bridgehead atoms. The van der Waals surface area contributed by atoms with Crippen LogP contribution in [0, 0.1) is 0 Å². The molecule has 35 heavy (non-hydrogen) atoms. The lowest BCUT2D eigenvalue weighted by atomic mass is 9.94. The quantitative estimate of drug-likeness (QED) is 0.279. The number of rotatable bonds is 7. The highest BCUT2D eigenvalue weighted by atomic mass is 31.2. The largest absolute Gasteiger partial charge is 0.426 e. The Balaban J connectivity index is 1.52. The molecule has 1 saturated heterocycles. The number of hydrogen-bond acceptors (Lipinski definition) is 9. The van der Waals surface area contributed by atoms with E-state index in [1.54, 1.807) is 41.6 Å². The first-order valence-corrected chi connectivity index (χ1v) is 12.8. The molecule has 4 rings (SSSR count). The number of anilines is 1. The van der Waals surface area contributed by atoms with Crippen molar-refractivity contribution < 1.29 is 19.1 Å². The third kappa shape index (κ3) is 5.94. The molecule has 0 spiro atoms. The summed E-state index contributed by atoms with van der Waals surface area (Å²) in [6.45, 7) is 1.82. The normalized spacial score (nSPS) is 18.2. The van der Waals surface area contributed by atoms with E-state index in [1.807, 2.05) is 0 Å². The summed E-state index contributed by atoms with van der Waals surface area (Å²) < 4.78 is 6.53. The average Bonchev–Trinajstić information content (AvgIpc) is 3.32. The van der Waals surface area contributed by atoms with Crippen LogP contribution in [0.4, 0.5) is 5.69 Å². The Morgan fingerprint density at radius 2 is 1.86 bits per heavy atom. The third-order valence-corrected chi connectivity index (χ3v) is 6.79. The number of carbonyl (C=O) groups is 1. The van der Waals surface area contributed by atoms with Crippen LogP contribution in [0.5, 0.6) is 5.75 Å². The predicted octanol–water partition coefficient (Wildman–Crippen LogP) is 1.50. The van der Waals surface area contributed by atoms with Crippen molar-refractivity contribution in [3.63, 3.8) is 0 Å². The number of benzene rings is 1. The molecule has 1 aromatic heterocycles. The first kappa shape index (κ1) is 25.0. The first-order valence-electron chi connectivity index (χ1n) is 11.6. The lowest BCUT2D eigenvalue weighted by molar-refractivity contribution is -0.122. The van der Waals surface area contributed by atoms with Gasteiger partial charge in [0.15, 0.2) is 0 Å². The zero-order valence-corrected chi connectivity index (χ0v) is 20.3. The lowest BCUT2D eigenvalue weighted by Crippen LogP contribution is -2.54. The van der Waals surface area contributed by atoms with E-state index < -0.39 is 8.60 Å². The number of carbonyl (C=O) groups excluding carboxylic acids is 1. The van der Waals surface area contributed by atoms with Gasteiger partial charge in [-0.3, -0.25) is 9.69 Å². The number of amides is 1. The van der Waals surface area contributed by atoms with Crippen LogP contribution in [-0.4, -0.2) is 56.1 Å². The van der Waals surface area contributed by atoms with Crippen LogP contribution in [0.2, 0.25) is 0 Å². The monoisotopic (exact) mass is 501 g/mol. The fourth-order valence-electron chi connectivity index (χ4n) is 4.69. The molecule has 2 aliphatic rings. The molecule has 1 aliphatic carbocycles. The van der Waals surface area contributed by atoms with Crippen molar-refractivity contribution in [2.45, 2.75) is 38.1 Å². The summed E-state index contributed by atoms with van der Waals surface area (Å²) in [5.74, 6) is 0.217. The summed E-state index contributed by atoms with van der Waals surface area (Å²) in [6, 6.07) is 7.15. The minimum absolute atomic E-state index is 0.0268. The number of hydrogen-bond donors (Lipinski definition) is 5. The second-order valence-electron chi connectivity index (χ2n) is 8.73. The van der Waals surface area contributed by atoms with E-state index in [0.717, 1.165) is 19.4 Å². The highest BCUT2D eigenvalue weighted by Crippen LogP contribution is 2.34. The number of aromatic nitrogens is 2. The Kier molecular flexibility index (Phi) is 7.92. The summed E-state index contributed by atoms with van der Waals surface area (Å²) in [4.78, 5) is 35.5. The first-order chi connectivity index (χ1) is 16.8.